The van der Waals surface area contributed by atoms with Crippen molar-refractivity contribution in [3.63, 3.8) is 0 Å². The summed E-state index contributed by atoms with van der Waals surface area (Å²) in [5.74, 6) is -0.425. The maximum Gasteiger partial charge on any atom is 0.276 e. The van der Waals surface area contributed by atoms with Crippen LogP contribution in [0.3, 0.4) is 0 Å². The molecule has 0 bridgehead atoms. The second-order valence-electron chi connectivity index (χ2n) is 6.82. The molecule has 1 aliphatic heterocycles. The topological polar surface area (TPSA) is 97.0 Å². The SMILES string of the molecule is COc1cccc(C=C2SC(=S)N(CCC(=O)NNC(=O)COc3ccc(Cl)cc3Cl)C2=O)c1. The van der Waals surface area contributed by atoms with Crippen molar-refractivity contribution < 1.29 is 23.9 Å². The van der Waals surface area contributed by atoms with E-state index in [0.29, 0.717) is 20.0 Å². The lowest BCUT2D eigenvalue weighted by Crippen LogP contribution is -2.45. The van der Waals surface area contributed by atoms with Gasteiger partial charge in [-0.25, -0.2) is 0 Å². The van der Waals surface area contributed by atoms with E-state index in [9.17, 15) is 14.4 Å². The molecule has 2 aromatic rings. The Hall–Kier alpha value is -2.79. The van der Waals surface area contributed by atoms with Crippen LogP contribution in [0.15, 0.2) is 47.4 Å². The summed E-state index contributed by atoms with van der Waals surface area (Å²) >= 11 is 18.2. The second kappa shape index (κ2) is 12.1. The number of ether oxygens (including phenoxy) is 2. The number of rotatable bonds is 8. The monoisotopic (exact) mass is 539 g/mol. The van der Waals surface area contributed by atoms with Gasteiger partial charge in [-0.15, -0.1) is 0 Å². The van der Waals surface area contributed by atoms with Crippen molar-refractivity contribution in [3.8, 4) is 11.5 Å². The zero-order valence-electron chi connectivity index (χ0n) is 17.8. The fraction of sp³-hybridized carbons (Fsp3) is 0.182. The minimum Gasteiger partial charge on any atom is -0.497 e. The zero-order valence-corrected chi connectivity index (χ0v) is 20.9. The Balaban J connectivity index is 1.45. The molecule has 1 aliphatic rings. The number of halogens is 2. The summed E-state index contributed by atoms with van der Waals surface area (Å²) in [7, 11) is 1.56. The average molecular weight is 540 g/mol. The highest BCUT2D eigenvalue weighted by Crippen LogP contribution is 2.33. The van der Waals surface area contributed by atoms with E-state index < -0.39 is 11.8 Å². The molecule has 0 atom stereocenters. The molecule has 34 heavy (non-hydrogen) atoms. The molecule has 3 amide bonds. The van der Waals surface area contributed by atoms with Crippen LogP contribution in [-0.4, -0.2) is 47.2 Å². The van der Waals surface area contributed by atoms with E-state index in [1.54, 1.807) is 31.4 Å². The van der Waals surface area contributed by atoms with E-state index >= 15 is 0 Å². The summed E-state index contributed by atoms with van der Waals surface area (Å²) < 4.78 is 10.8. The highest BCUT2D eigenvalue weighted by Gasteiger charge is 2.32. The lowest BCUT2D eigenvalue weighted by atomic mass is 10.2. The number of hydrogen-bond acceptors (Lipinski definition) is 7. The molecule has 0 radical (unpaired) electrons. The van der Waals surface area contributed by atoms with Gasteiger partial charge in [0.25, 0.3) is 11.8 Å². The maximum atomic E-state index is 12.7. The number of methoxy groups -OCH3 is 1. The molecule has 1 saturated heterocycles. The molecule has 8 nitrogen and oxygen atoms in total. The average Bonchev–Trinajstić information content (AvgIpc) is 3.07. The molecule has 1 fully saturated rings. The standard InChI is InChI=1S/C22H19Cl2N3O5S2/c1-31-15-4-2-3-13(9-15)10-18-21(30)27(22(33)34-18)8-7-19(28)25-26-20(29)12-32-17-6-5-14(23)11-16(17)24/h2-6,9-11H,7-8,12H2,1H3,(H,25,28)(H,26,29). The number of hydrazine groups is 1. The molecule has 1 heterocycles. The highest BCUT2D eigenvalue weighted by atomic mass is 35.5. The summed E-state index contributed by atoms with van der Waals surface area (Å²) in [6.45, 7) is -0.301. The number of amides is 3. The van der Waals surface area contributed by atoms with Gasteiger partial charge < -0.3 is 9.47 Å². The van der Waals surface area contributed by atoms with Gasteiger partial charge in [-0.1, -0.05) is 59.3 Å². The van der Waals surface area contributed by atoms with Crippen LogP contribution in [0, 0.1) is 0 Å². The minimum atomic E-state index is -0.591. The molecule has 0 aliphatic carbocycles. The van der Waals surface area contributed by atoms with Crippen molar-refractivity contribution in [1.82, 2.24) is 15.8 Å². The minimum absolute atomic E-state index is 0.0664. The van der Waals surface area contributed by atoms with E-state index in [0.717, 1.165) is 17.3 Å². The van der Waals surface area contributed by atoms with Crippen LogP contribution >= 0.6 is 47.2 Å². The number of hydrogen-bond donors (Lipinski definition) is 2. The van der Waals surface area contributed by atoms with Crippen LogP contribution in [0.2, 0.25) is 10.0 Å². The number of benzene rings is 2. The molecule has 0 unspecified atom stereocenters. The lowest BCUT2D eigenvalue weighted by Gasteiger charge is -2.14. The first kappa shape index (κ1) is 25.8. The third-order valence-electron chi connectivity index (χ3n) is 4.42. The fourth-order valence-electron chi connectivity index (χ4n) is 2.76. The largest absolute Gasteiger partial charge is 0.497 e. The molecule has 0 aromatic heterocycles. The number of nitrogens with zero attached hydrogens (tertiary/aromatic N) is 1. The van der Waals surface area contributed by atoms with Crippen LogP contribution in [-0.2, 0) is 14.4 Å². The highest BCUT2D eigenvalue weighted by molar-refractivity contribution is 8.26. The van der Waals surface area contributed by atoms with E-state index in [1.807, 2.05) is 12.1 Å². The normalized spacial score (nSPS) is 14.3. The molecule has 2 aromatic carbocycles. The van der Waals surface area contributed by atoms with E-state index in [-0.39, 0.29) is 36.3 Å². The van der Waals surface area contributed by atoms with Gasteiger partial charge in [0.1, 0.15) is 15.8 Å². The number of thioether (sulfide) groups is 1. The third-order valence-corrected chi connectivity index (χ3v) is 6.33. The molecule has 0 saturated carbocycles. The number of carbonyl (C=O) groups is 3. The Labute approximate surface area is 215 Å². The van der Waals surface area contributed by atoms with Crippen molar-refractivity contribution >= 4 is 75.3 Å². The van der Waals surface area contributed by atoms with Crippen LogP contribution in [0.1, 0.15) is 12.0 Å². The van der Waals surface area contributed by atoms with Crippen LogP contribution in [0.4, 0.5) is 0 Å². The van der Waals surface area contributed by atoms with Crippen LogP contribution in [0.5, 0.6) is 11.5 Å². The van der Waals surface area contributed by atoms with Gasteiger partial charge in [-0.3, -0.25) is 30.1 Å². The molecule has 0 spiro atoms. The predicted molar refractivity (Wildman–Crippen MR) is 136 cm³/mol. The van der Waals surface area contributed by atoms with Crippen molar-refractivity contribution in [2.24, 2.45) is 0 Å². The fourth-order valence-corrected chi connectivity index (χ4v) is 4.53. The molecule has 2 N–H and O–H groups in total. The smallest absolute Gasteiger partial charge is 0.276 e. The number of carbonyl (C=O) groups excluding carboxylic acids is 3. The molecular weight excluding hydrogens is 521 g/mol. The van der Waals surface area contributed by atoms with Gasteiger partial charge in [0.2, 0.25) is 5.91 Å². The first-order valence-corrected chi connectivity index (χ1v) is 11.8. The maximum absolute atomic E-state index is 12.7. The summed E-state index contributed by atoms with van der Waals surface area (Å²) in [6, 6.07) is 11.8. The molecule has 178 valence electrons. The Morgan fingerprint density at radius 3 is 2.65 bits per heavy atom. The molecule has 12 heteroatoms. The van der Waals surface area contributed by atoms with Crippen LogP contribution < -0.4 is 20.3 Å². The van der Waals surface area contributed by atoms with E-state index in [4.69, 9.17) is 44.9 Å². The zero-order chi connectivity index (χ0) is 24.7. The summed E-state index contributed by atoms with van der Waals surface area (Å²) in [5.41, 5.74) is 5.30. The van der Waals surface area contributed by atoms with Crippen molar-refractivity contribution in [2.75, 3.05) is 20.3 Å². The second-order valence-corrected chi connectivity index (χ2v) is 9.34. The summed E-state index contributed by atoms with van der Waals surface area (Å²) in [5, 5.41) is 0.694. The van der Waals surface area contributed by atoms with Gasteiger partial charge in [0.05, 0.1) is 17.0 Å². The Morgan fingerprint density at radius 1 is 1.15 bits per heavy atom. The van der Waals surface area contributed by atoms with Crippen molar-refractivity contribution in [1.29, 1.82) is 0 Å². The summed E-state index contributed by atoms with van der Waals surface area (Å²) in [6.07, 6.45) is 1.65. The molecule has 3 rings (SSSR count). The van der Waals surface area contributed by atoms with Crippen LogP contribution in [0.25, 0.3) is 6.08 Å². The van der Waals surface area contributed by atoms with Crippen molar-refractivity contribution in [2.45, 2.75) is 6.42 Å². The van der Waals surface area contributed by atoms with Gasteiger partial charge in [-0.2, -0.15) is 0 Å². The van der Waals surface area contributed by atoms with E-state index in [2.05, 4.69) is 10.9 Å². The quantitative estimate of drug-likeness (QED) is 0.299. The number of thiocarbonyl (C=S) groups is 1. The first-order chi connectivity index (χ1) is 16.3. The van der Waals surface area contributed by atoms with Gasteiger partial charge in [0.15, 0.2) is 6.61 Å². The Kier molecular flexibility index (Phi) is 9.17. The van der Waals surface area contributed by atoms with Gasteiger partial charge in [-0.05, 0) is 42.0 Å². The van der Waals surface area contributed by atoms with Gasteiger partial charge >= 0.3 is 0 Å². The first-order valence-electron chi connectivity index (χ1n) is 9.82. The Bertz CT molecular complexity index is 1160. The summed E-state index contributed by atoms with van der Waals surface area (Å²) in [4.78, 5) is 38.5. The Morgan fingerprint density at radius 2 is 1.91 bits per heavy atom. The number of nitrogens with one attached hydrogen (secondary N) is 2. The lowest BCUT2D eigenvalue weighted by molar-refractivity contribution is -0.130. The molecular formula is C22H19Cl2N3O5S2. The third kappa shape index (κ3) is 7.10. The predicted octanol–water partition coefficient (Wildman–Crippen LogP) is 3.82. The van der Waals surface area contributed by atoms with E-state index in [1.165, 1.54) is 17.0 Å². The van der Waals surface area contributed by atoms with Crippen molar-refractivity contribution in [3.05, 3.63) is 63.0 Å². The van der Waals surface area contributed by atoms with Gasteiger partial charge in [0, 0.05) is 18.0 Å².